The van der Waals surface area contributed by atoms with E-state index in [1.54, 1.807) is 6.07 Å². The fraction of sp³-hybridized carbons (Fsp3) is 0.300. The zero-order valence-electron chi connectivity index (χ0n) is 14.2. The number of piperidine rings is 1. The lowest BCUT2D eigenvalue weighted by Crippen LogP contribution is -2.46. The molecule has 2 aromatic rings. The van der Waals surface area contributed by atoms with Crippen LogP contribution in [0.1, 0.15) is 39.1 Å². The van der Waals surface area contributed by atoms with Gasteiger partial charge in [0.2, 0.25) is 0 Å². The van der Waals surface area contributed by atoms with Gasteiger partial charge in [0.1, 0.15) is 0 Å². The lowest BCUT2D eigenvalue weighted by molar-refractivity contribution is 0.0697. The molecule has 2 amide bonds. The first kappa shape index (κ1) is 17.7. The summed E-state index contributed by atoms with van der Waals surface area (Å²) in [4.78, 5) is 26.9. The number of likely N-dealkylation sites (tertiary alicyclic amines) is 1. The minimum atomic E-state index is -0.0730. The molecular formula is C20H21BrN2O2. The highest BCUT2D eigenvalue weighted by Gasteiger charge is 2.25. The summed E-state index contributed by atoms with van der Waals surface area (Å²) < 4.78 is 0.791. The van der Waals surface area contributed by atoms with E-state index in [1.165, 1.54) is 0 Å². The Kier molecular flexibility index (Phi) is 5.53. The van der Waals surface area contributed by atoms with Crippen molar-refractivity contribution >= 4 is 27.7 Å². The van der Waals surface area contributed by atoms with E-state index < -0.39 is 0 Å². The standard InChI is InChI=1S/C20H21BrN2O2/c1-14-6-2-3-7-16(14)20(25)23-12-10-15(11-13-23)22-19(24)17-8-4-5-9-18(17)21/h2-9,15H,10-13H2,1H3,(H,22,24). The SMILES string of the molecule is Cc1ccccc1C(=O)N1CCC(NC(=O)c2ccccc2Br)CC1. The second-order valence-electron chi connectivity index (χ2n) is 6.33. The molecule has 2 aromatic carbocycles. The van der Waals surface area contributed by atoms with E-state index >= 15 is 0 Å². The third kappa shape index (κ3) is 4.10. The quantitative estimate of drug-likeness (QED) is 0.851. The van der Waals surface area contributed by atoms with Gasteiger partial charge in [0.25, 0.3) is 11.8 Å². The van der Waals surface area contributed by atoms with Crippen molar-refractivity contribution in [1.29, 1.82) is 0 Å². The van der Waals surface area contributed by atoms with Crippen molar-refractivity contribution in [3.63, 3.8) is 0 Å². The molecule has 1 N–H and O–H groups in total. The van der Waals surface area contributed by atoms with Crippen molar-refractivity contribution in [3.05, 3.63) is 69.7 Å². The Morgan fingerprint density at radius 3 is 2.24 bits per heavy atom. The smallest absolute Gasteiger partial charge is 0.254 e. The van der Waals surface area contributed by atoms with E-state index in [-0.39, 0.29) is 17.9 Å². The predicted molar refractivity (Wildman–Crippen MR) is 102 cm³/mol. The molecule has 0 unspecified atom stereocenters. The second kappa shape index (κ2) is 7.83. The lowest BCUT2D eigenvalue weighted by atomic mass is 10.0. The largest absolute Gasteiger partial charge is 0.349 e. The first-order valence-electron chi connectivity index (χ1n) is 8.46. The van der Waals surface area contributed by atoms with Crippen molar-refractivity contribution in [3.8, 4) is 0 Å². The van der Waals surface area contributed by atoms with Crippen molar-refractivity contribution < 1.29 is 9.59 Å². The van der Waals surface area contributed by atoms with Gasteiger partial charge < -0.3 is 10.2 Å². The van der Waals surface area contributed by atoms with Crippen LogP contribution in [-0.2, 0) is 0 Å². The van der Waals surface area contributed by atoms with E-state index in [2.05, 4.69) is 21.2 Å². The first-order valence-corrected chi connectivity index (χ1v) is 9.26. The number of hydrogen-bond acceptors (Lipinski definition) is 2. The molecule has 5 heteroatoms. The van der Waals surface area contributed by atoms with Gasteiger partial charge in [-0.25, -0.2) is 0 Å². The summed E-state index contributed by atoms with van der Waals surface area (Å²) in [6.45, 7) is 3.28. The number of hydrogen-bond donors (Lipinski definition) is 1. The molecule has 1 heterocycles. The topological polar surface area (TPSA) is 49.4 Å². The van der Waals surface area contributed by atoms with Gasteiger partial charge in [0, 0.05) is 29.2 Å². The van der Waals surface area contributed by atoms with E-state index in [4.69, 9.17) is 0 Å². The number of benzene rings is 2. The van der Waals surface area contributed by atoms with E-state index in [1.807, 2.05) is 54.3 Å². The lowest BCUT2D eigenvalue weighted by Gasteiger charge is -2.32. The molecule has 25 heavy (non-hydrogen) atoms. The number of carbonyl (C=O) groups is 2. The van der Waals surface area contributed by atoms with Crippen LogP contribution in [-0.4, -0.2) is 35.8 Å². The number of rotatable bonds is 3. The van der Waals surface area contributed by atoms with Crippen LogP contribution >= 0.6 is 15.9 Å². The predicted octanol–water partition coefficient (Wildman–Crippen LogP) is 3.79. The molecular weight excluding hydrogens is 380 g/mol. The number of amides is 2. The maximum atomic E-state index is 12.6. The molecule has 1 aliphatic rings. The third-order valence-electron chi connectivity index (χ3n) is 4.61. The Hall–Kier alpha value is -2.14. The van der Waals surface area contributed by atoms with E-state index in [0.717, 1.165) is 28.4 Å². The summed E-state index contributed by atoms with van der Waals surface area (Å²) in [5, 5.41) is 3.08. The van der Waals surface area contributed by atoms with Gasteiger partial charge in [-0.15, -0.1) is 0 Å². The van der Waals surface area contributed by atoms with Crippen LogP contribution in [0.2, 0.25) is 0 Å². The molecule has 0 aliphatic carbocycles. The molecule has 1 aliphatic heterocycles. The van der Waals surface area contributed by atoms with Crippen LogP contribution in [0.4, 0.5) is 0 Å². The van der Waals surface area contributed by atoms with Crippen LogP contribution in [0.5, 0.6) is 0 Å². The highest BCUT2D eigenvalue weighted by atomic mass is 79.9. The van der Waals surface area contributed by atoms with E-state index in [0.29, 0.717) is 18.7 Å². The minimum Gasteiger partial charge on any atom is -0.349 e. The minimum absolute atomic E-state index is 0.0730. The average Bonchev–Trinajstić information content (AvgIpc) is 2.62. The van der Waals surface area contributed by atoms with Gasteiger partial charge in [0.15, 0.2) is 0 Å². The van der Waals surface area contributed by atoms with Crippen LogP contribution in [0.3, 0.4) is 0 Å². The zero-order chi connectivity index (χ0) is 17.8. The maximum Gasteiger partial charge on any atom is 0.254 e. The molecule has 0 aromatic heterocycles. The number of halogens is 1. The fourth-order valence-corrected chi connectivity index (χ4v) is 3.58. The van der Waals surface area contributed by atoms with Crippen molar-refractivity contribution in [2.75, 3.05) is 13.1 Å². The van der Waals surface area contributed by atoms with Crippen LogP contribution in [0, 0.1) is 6.92 Å². The molecule has 0 bridgehead atoms. The van der Waals surface area contributed by atoms with E-state index in [9.17, 15) is 9.59 Å². The summed E-state index contributed by atoms with van der Waals surface area (Å²) in [6.07, 6.45) is 1.54. The molecule has 0 saturated carbocycles. The van der Waals surface area contributed by atoms with Gasteiger partial charge in [0.05, 0.1) is 5.56 Å². The first-order chi connectivity index (χ1) is 12.1. The Balaban J connectivity index is 1.57. The van der Waals surface area contributed by atoms with Gasteiger partial charge >= 0.3 is 0 Å². The fourth-order valence-electron chi connectivity index (χ4n) is 3.12. The Morgan fingerprint density at radius 2 is 1.60 bits per heavy atom. The molecule has 130 valence electrons. The highest BCUT2D eigenvalue weighted by molar-refractivity contribution is 9.10. The van der Waals surface area contributed by atoms with Gasteiger partial charge in [-0.2, -0.15) is 0 Å². The van der Waals surface area contributed by atoms with Gasteiger partial charge in [-0.05, 0) is 59.5 Å². The molecule has 0 spiro atoms. The van der Waals surface area contributed by atoms with Crippen LogP contribution < -0.4 is 5.32 Å². The molecule has 4 nitrogen and oxygen atoms in total. The molecule has 3 rings (SSSR count). The zero-order valence-corrected chi connectivity index (χ0v) is 15.8. The second-order valence-corrected chi connectivity index (χ2v) is 7.19. The van der Waals surface area contributed by atoms with Crippen molar-refractivity contribution in [1.82, 2.24) is 10.2 Å². The number of carbonyl (C=O) groups excluding carboxylic acids is 2. The van der Waals surface area contributed by atoms with Gasteiger partial charge in [-0.3, -0.25) is 9.59 Å². The molecule has 1 saturated heterocycles. The summed E-state index contributed by atoms with van der Waals surface area (Å²) in [5.41, 5.74) is 2.40. The van der Waals surface area contributed by atoms with Crippen molar-refractivity contribution in [2.45, 2.75) is 25.8 Å². The monoisotopic (exact) mass is 400 g/mol. The normalized spacial score (nSPS) is 15.0. The van der Waals surface area contributed by atoms with Crippen LogP contribution in [0.25, 0.3) is 0 Å². The number of nitrogens with one attached hydrogen (secondary N) is 1. The molecule has 0 atom stereocenters. The Morgan fingerprint density at radius 1 is 1.00 bits per heavy atom. The van der Waals surface area contributed by atoms with Gasteiger partial charge in [-0.1, -0.05) is 30.3 Å². The molecule has 1 fully saturated rings. The Bertz CT molecular complexity index is 783. The number of aryl methyl sites for hydroxylation is 1. The summed E-state index contributed by atoms with van der Waals surface area (Å²) in [6, 6.07) is 15.2. The highest BCUT2D eigenvalue weighted by Crippen LogP contribution is 2.19. The van der Waals surface area contributed by atoms with Crippen LogP contribution in [0.15, 0.2) is 53.0 Å². The molecule has 0 radical (unpaired) electrons. The summed E-state index contributed by atoms with van der Waals surface area (Å²) in [7, 11) is 0. The number of nitrogens with zero attached hydrogens (tertiary/aromatic N) is 1. The maximum absolute atomic E-state index is 12.6. The third-order valence-corrected chi connectivity index (χ3v) is 5.30. The summed E-state index contributed by atoms with van der Waals surface area (Å²) >= 11 is 3.41. The van der Waals surface area contributed by atoms with Crippen molar-refractivity contribution in [2.24, 2.45) is 0 Å². The summed E-state index contributed by atoms with van der Waals surface area (Å²) in [5.74, 6) is 0.00448. The average molecular weight is 401 g/mol. The Labute approximate surface area is 156 Å².